The number of fused-ring (bicyclic) bond motifs is 1. The van der Waals surface area contributed by atoms with Crippen LogP contribution >= 0.6 is 0 Å². The lowest BCUT2D eigenvalue weighted by Gasteiger charge is -2.18. The van der Waals surface area contributed by atoms with E-state index >= 15 is 0 Å². The SMILES string of the molecule is CCCC(=O)c1cc(C(=O)CC)c2c(c1)[C@H](c1cccc(OC)c1)[C@@H](CO)O2. The van der Waals surface area contributed by atoms with Gasteiger partial charge in [-0.3, -0.25) is 9.59 Å². The molecule has 1 N–H and O–H groups in total. The van der Waals surface area contributed by atoms with E-state index in [0.29, 0.717) is 35.5 Å². The van der Waals surface area contributed by atoms with Gasteiger partial charge in [0.25, 0.3) is 0 Å². The zero-order chi connectivity index (χ0) is 20.3. The molecule has 0 bridgehead atoms. The first-order valence-electron chi connectivity index (χ1n) is 9.69. The number of hydrogen-bond acceptors (Lipinski definition) is 5. The van der Waals surface area contributed by atoms with Gasteiger partial charge in [0.15, 0.2) is 11.6 Å². The molecule has 2 atom stereocenters. The number of ketones is 2. The van der Waals surface area contributed by atoms with E-state index in [1.165, 1.54) is 0 Å². The standard InChI is InChI=1S/C23H26O5/c1-4-7-20(26)15-11-17(19(25)5-2)23-18(12-15)22(21(13-24)28-23)14-8-6-9-16(10-14)27-3/h6,8-12,21-22,24H,4-5,7,13H2,1-3H3/t21-,22+/m1/s1. The second-order valence-electron chi connectivity index (χ2n) is 6.99. The summed E-state index contributed by atoms with van der Waals surface area (Å²) in [5, 5.41) is 9.94. The van der Waals surface area contributed by atoms with Crippen LogP contribution in [0.4, 0.5) is 0 Å². The third-order valence-corrected chi connectivity index (χ3v) is 5.15. The average molecular weight is 382 g/mol. The maximum atomic E-state index is 12.6. The fraction of sp³-hybridized carbons (Fsp3) is 0.391. The van der Waals surface area contributed by atoms with Crippen LogP contribution in [0.15, 0.2) is 36.4 Å². The molecule has 1 heterocycles. The van der Waals surface area contributed by atoms with Crippen LogP contribution in [0.5, 0.6) is 11.5 Å². The highest BCUT2D eigenvalue weighted by molar-refractivity contribution is 6.04. The van der Waals surface area contributed by atoms with E-state index in [-0.39, 0.29) is 24.1 Å². The lowest BCUT2D eigenvalue weighted by Crippen LogP contribution is -2.24. The van der Waals surface area contributed by atoms with Gasteiger partial charge in [0, 0.05) is 24.0 Å². The van der Waals surface area contributed by atoms with Crippen LogP contribution in [0.3, 0.4) is 0 Å². The van der Waals surface area contributed by atoms with E-state index in [4.69, 9.17) is 9.47 Å². The number of ether oxygens (including phenoxy) is 2. The van der Waals surface area contributed by atoms with E-state index in [1.807, 2.05) is 37.3 Å². The van der Waals surface area contributed by atoms with Gasteiger partial charge < -0.3 is 14.6 Å². The molecule has 2 aromatic rings. The Morgan fingerprint density at radius 1 is 1.14 bits per heavy atom. The van der Waals surface area contributed by atoms with E-state index < -0.39 is 6.10 Å². The zero-order valence-electron chi connectivity index (χ0n) is 16.5. The van der Waals surface area contributed by atoms with Crippen molar-refractivity contribution in [2.45, 2.75) is 45.1 Å². The number of carbonyl (C=O) groups is 2. The summed E-state index contributed by atoms with van der Waals surface area (Å²) < 4.78 is 11.4. The first-order valence-corrected chi connectivity index (χ1v) is 9.69. The van der Waals surface area contributed by atoms with Crippen LogP contribution in [0.1, 0.15) is 70.9 Å². The molecule has 0 aromatic heterocycles. The summed E-state index contributed by atoms with van der Waals surface area (Å²) in [6.07, 6.45) is 0.950. The average Bonchev–Trinajstić information content (AvgIpc) is 3.11. The molecule has 0 aliphatic carbocycles. The highest BCUT2D eigenvalue weighted by Gasteiger charge is 2.38. The van der Waals surface area contributed by atoms with Gasteiger partial charge in [-0.15, -0.1) is 0 Å². The molecule has 0 spiro atoms. The number of carbonyl (C=O) groups excluding carboxylic acids is 2. The Kier molecular flexibility index (Phi) is 6.15. The smallest absolute Gasteiger partial charge is 0.166 e. The van der Waals surface area contributed by atoms with Gasteiger partial charge >= 0.3 is 0 Å². The first-order chi connectivity index (χ1) is 13.5. The topological polar surface area (TPSA) is 72.8 Å². The van der Waals surface area contributed by atoms with Crippen molar-refractivity contribution in [1.82, 2.24) is 0 Å². The van der Waals surface area contributed by atoms with Crippen LogP contribution < -0.4 is 9.47 Å². The van der Waals surface area contributed by atoms with Gasteiger partial charge in [-0.05, 0) is 36.2 Å². The Hall–Kier alpha value is -2.66. The molecule has 148 valence electrons. The van der Waals surface area contributed by atoms with Crippen molar-refractivity contribution < 1.29 is 24.2 Å². The number of aliphatic hydroxyl groups excluding tert-OH is 1. The van der Waals surface area contributed by atoms with Crippen LogP contribution in [0.25, 0.3) is 0 Å². The largest absolute Gasteiger partial charge is 0.497 e. The minimum Gasteiger partial charge on any atom is -0.497 e. The van der Waals surface area contributed by atoms with Gasteiger partial charge in [-0.25, -0.2) is 0 Å². The predicted octanol–water partition coefficient (Wildman–Crippen LogP) is 4.16. The Morgan fingerprint density at radius 2 is 1.93 bits per heavy atom. The van der Waals surface area contributed by atoms with Crippen molar-refractivity contribution in [3.05, 3.63) is 58.7 Å². The van der Waals surface area contributed by atoms with Crippen LogP contribution in [-0.2, 0) is 0 Å². The van der Waals surface area contributed by atoms with Crippen molar-refractivity contribution in [2.24, 2.45) is 0 Å². The number of methoxy groups -OCH3 is 1. The van der Waals surface area contributed by atoms with Crippen molar-refractivity contribution in [1.29, 1.82) is 0 Å². The zero-order valence-corrected chi connectivity index (χ0v) is 16.5. The third kappa shape index (κ3) is 3.67. The van der Waals surface area contributed by atoms with Gasteiger partial charge in [0.1, 0.15) is 17.6 Å². The third-order valence-electron chi connectivity index (χ3n) is 5.15. The summed E-state index contributed by atoms with van der Waals surface area (Å²) in [6, 6.07) is 11.0. The summed E-state index contributed by atoms with van der Waals surface area (Å²) >= 11 is 0. The first kappa shape index (κ1) is 20.1. The van der Waals surface area contributed by atoms with E-state index in [2.05, 4.69) is 0 Å². The molecule has 2 aromatic carbocycles. The fourth-order valence-electron chi connectivity index (χ4n) is 3.74. The molecule has 0 amide bonds. The molecule has 1 aliphatic rings. The highest BCUT2D eigenvalue weighted by atomic mass is 16.5. The van der Waals surface area contributed by atoms with E-state index in [1.54, 1.807) is 20.1 Å². The molecule has 28 heavy (non-hydrogen) atoms. The molecule has 5 nitrogen and oxygen atoms in total. The number of benzene rings is 2. The molecular formula is C23H26O5. The molecule has 5 heteroatoms. The van der Waals surface area contributed by atoms with Crippen LogP contribution in [0.2, 0.25) is 0 Å². The minimum absolute atomic E-state index is 0.00675. The number of hydrogen-bond donors (Lipinski definition) is 1. The van der Waals surface area contributed by atoms with Gasteiger partial charge in [0.2, 0.25) is 0 Å². The molecular weight excluding hydrogens is 356 g/mol. The molecule has 0 fully saturated rings. The molecule has 0 unspecified atom stereocenters. The number of Topliss-reactive ketones (excluding diaryl/α,β-unsaturated/α-hetero) is 2. The number of aliphatic hydroxyl groups is 1. The van der Waals surface area contributed by atoms with Gasteiger partial charge in [0.05, 0.1) is 25.2 Å². The maximum absolute atomic E-state index is 12.6. The van der Waals surface area contributed by atoms with Crippen LogP contribution in [-0.4, -0.2) is 36.5 Å². The van der Waals surface area contributed by atoms with E-state index in [0.717, 1.165) is 17.5 Å². The summed E-state index contributed by atoms with van der Waals surface area (Å²) in [5.74, 6) is 0.822. The molecule has 0 radical (unpaired) electrons. The summed E-state index contributed by atoms with van der Waals surface area (Å²) in [5.41, 5.74) is 2.62. The Balaban J connectivity index is 2.19. The quantitative estimate of drug-likeness (QED) is 0.694. The fourth-order valence-corrected chi connectivity index (χ4v) is 3.74. The van der Waals surface area contributed by atoms with Crippen molar-refractivity contribution in [3.63, 3.8) is 0 Å². The second-order valence-corrected chi connectivity index (χ2v) is 6.99. The van der Waals surface area contributed by atoms with Gasteiger partial charge in [-0.2, -0.15) is 0 Å². The number of rotatable bonds is 8. The van der Waals surface area contributed by atoms with E-state index in [9.17, 15) is 14.7 Å². The Labute approximate surface area is 165 Å². The van der Waals surface area contributed by atoms with Crippen molar-refractivity contribution >= 4 is 11.6 Å². The predicted molar refractivity (Wildman–Crippen MR) is 107 cm³/mol. The summed E-state index contributed by atoms with van der Waals surface area (Å²) in [7, 11) is 1.60. The normalized spacial score (nSPS) is 17.7. The molecule has 1 aliphatic heterocycles. The molecule has 3 rings (SSSR count). The van der Waals surface area contributed by atoms with Crippen molar-refractivity contribution in [3.8, 4) is 11.5 Å². The van der Waals surface area contributed by atoms with Crippen LogP contribution in [0, 0.1) is 0 Å². The second kappa shape index (κ2) is 8.57. The Morgan fingerprint density at radius 3 is 2.57 bits per heavy atom. The van der Waals surface area contributed by atoms with Gasteiger partial charge in [-0.1, -0.05) is 26.0 Å². The summed E-state index contributed by atoms with van der Waals surface area (Å²) in [4.78, 5) is 25.2. The maximum Gasteiger partial charge on any atom is 0.166 e. The van der Waals surface area contributed by atoms with Crippen molar-refractivity contribution in [2.75, 3.05) is 13.7 Å². The molecule has 0 saturated heterocycles. The summed E-state index contributed by atoms with van der Waals surface area (Å²) in [6.45, 7) is 3.54. The minimum atomic E-state index is -0.526. The monoisotopic (exact) mass is 382 g/mol. The molecule has 0 saturated carbocycles. The highest BCUT2D eigenvalue weighted by Crippen LogP contribution is 2.45. The lowest BCUT2D eigenvalue weighted by molar-refractivity contribution is 0.0971. The lowest BCUT2D eigenvalue weighted by atomic mass is 9.85. The Bertz CT molecular complexity index is 887.